The van der Waals surface area contributed by atoms with E-state index in [-0.39, 0.29) is 18.7 Å². The Morgan fingerprint density at radius 3 is 2.59 bits per heavy atom. The van der Waals surface area contributed by atoms with Crippen LogP contribution < -0.4 is 5.56 Å². The first-order valence-electron chi connectivity index (χ1n) is 5.21. The lowest BCUT2D eigenvalue weighted by atomic mass is 9.99. The lowest BCUT2D eigenvalue weighted by Crippen LogP contribution is -2.53. The number of aliphatic carboxylic acids is 1. The Morgan fingerprint density at radius 1 is 1.41 bits per heavy atom. The van der Waals surface area contributed by atoms with Crippen molar-refractivity contribution >= 4 is 11.9 Å². The summed E-state index contributed by atoms with van der Waals surface area (Å²) in [6.45, 7) is 2.06. The molecular weight excluding hydrogens is 224 g/mol. The van der Waals surface area contributed by atoms with E-state index in [0.29, 0.717) is 5.69 Å². The van der Waals surface area contributed by atoms with Crippen LogP contribution in [0.3, 0.4) is 0 Å². The van der Waals surface area contributed by atoms with Crippen molar-refractivity contribution in [2.24, 2.45) is 5.92 Å². The zero-order chi connectivity index (χ0) is 12.6. The molecule has 0 spiro atoms. The predicted molar refractivity (Wildman–Crippen MR) is 58.8 cm³/mol. The minimum absolute atomic E-state index is 0.0550. The maximum absolute atomic E-state index is 11.8. The monoisotopic (exact) mass is 236 g/mol. The van der Waals surface area contributed by atoms with E-state index in [2.05, 4.69) is 4.98 Å². The van der Waals surface area contributed by atoms with Gasteiger partial charge >= 0.3 is 5.97 Å². The first kappa shape index (κ1) is 11.4. The van der Waals surface area contributed by atoms with Crippen molar-refractivity contribution in [3.63, 3.8) is 0 Å². The molecule has 6 nitrogen and oxygen atoms in total. The Kier molecular flexibility index (Phi) is 2.71. The van der Waals surface area contributed by atoms with Crippen LogP contribution in [0.5, 0.6) is 0 Å². The summed E-state index contributed by atoms with van der Waals surface area (Å²) in [6, 6.07) is 3.10. The number of hydrogen-bond donors (Lipinski definition) is 2. The van der Waals surface area contributed by atoms with Gasteiger partial charge in [-0.1, -0.05) is 0 Å². The molecule has 1 aliphatic heterocycles. The van der Waals surface area contributed by atoms with E-state index in [9.17, 15) is 14.4 Å². The van der Waals surface area contributed by atoms with Crippen molar-refractivity contribution in [2.75, 3.05) is 13.1 Å². The van der Waals surface area contributed by atoms with Gasteiger partial charge in [-0.15, -0.1) is 0 Å². The van der Waals surface area contributed by atoms with Crippen LogP contribution in [0.25, 0.3) is 0 Å². The number of rotatable bonds is 2. The SMILES string of the molecule is Cc1ccc(C(=O)N2CC(C(=O)O)C2)c(=O)[nH]1. The molecule has 1 aromatic heterocycles. The molecule has 0 atom stereocenters. The van der Waals surface area contributed by atoms with Crippen LogP contribution in [0.2, 0.25) is 0 Å². The van der Waals surface area contributed by atoms with Crippen LogP contribution in [0.4, 0.5) is 0 Å². The van der Waals surface area contributed by atoms with Crippen LogP contribution in [0.1, 0.15) is 16.1 Å². The standard InChI is InChI=1S/C11H12N2O4/c1-6-2-3-8(9(14)12-6)10(15)13-4-7(5-13)11(16)17/h2-3,7H,4-5H2,1H3,(H,12,14)(H,16,17). The normalized spacial score (nSPS) is 15.5. The Labute approximate surface area is 96.9 Å². The third kappa shape index (κ3) is 2.06. The molecular formula is C11H12N2O4. The fraction of sp³-hybridized carbons (Fsp3) is 0.364. The van der Waals surface area contributed by atoms with Crippen molar-refractivity contribution in [3.8, 4) is 0 Å². The lowest BCUT2D eigenvalue weighted by Gasteiger charge is -2.36. The molecule has 0 aromatic carbocycles. The van der Waals surface area contributed by atoms with Crippen molar-refractivity contribution < 1.29 is 14.7 Å². The highest BCUT2D eigenvalue weighted by molar-refractivity contribution is 5.95. The van der Waals surface area contributed by atoms with Crippen LogP contribution >= 0.6 is 0 Å². The first-order valence-corrected chi connectivity index (χ1v) is 5.21. The number of carboxylic acid groups (broad SMARTS) is 1. The zero-order valence-corrected chi connectivity index (χ0v) is 9.27. The fourth-order valence-electron chi connectivity index (χ4n) is 1.71. The number of nitrogens with one attached hydrogen (secondary N) is 1. The molecule has 0 saturated carbocycles. The maximum Gasteiger partial charge on any atom is 0.310 e. The molecule has 17 heavy (non-hydrogen) atoms. The van der Waals surface area contributed by atoms with Crippen LogP contribution in [0.15, 0.2) is 16.9 Å². The summed E-state index contributed by atoms with van der Waals surface area (Å²) in [5, 5.41) is 8.69. The molecule has 0 aliphatic carbocycles. The summed E-state index contributed by atoms with van der Waals surface area (Å²) in [6.07, 6.45) is 0. The Bertz CT molecular complexity index is 529. The van der Waals surface area contributed by atoms with Crippen molar-refractivity contribution in [1.29, 1.82) is 0 Å². The smallest absolute Gasteiger partial charge is 0.310 e. The van der Waals surface area contributed by atoms with E-state index in [0.717, 1.165) is 0 Å². The molecule has 6 heteroatoms. The highest BCUT2D eigenvalue weighted by Gasteiger charge is 2.36. The highest BCUT2D eigenvalue weighted by Crippen LogP contribution is 2.17. The Balaban J connectivity index is 2.12. The van der Waals surface area contributed by atoms with Gasteiger partial charge in [0.15, 0.2) is 0 Å². The average Bonchev–Trinajstić information content (AvgIpc) is 2.13. The number of amides is 1. The molecule has 0 radical (unpaired) electrons. The summed E-state index contributed by atoms with van der Waals surface area (Å²) >= 11 is 0. The number of aromatic amines is 1. The number of H-pyrrole nitrogens is 1. The molecule has 90 valence electrons. The molecule has 1 aromatic rings. The topological polar surface area (TPSA) is 90.5 Å². The zero-order valence-electron chi connectivity index (χ0n) is 9.27. The van der Waals surface area contributed by atoms with Gasteiger partial charge in [0.1, 0.15) is 5.56 Å². The summed E-state index contributed by atoms with van der Waals surface area (Å²) in [5.41, 5.74) is 0.298. The molecule has 1 fully saturated rings. The second kappa shape index (κ2) is 4.04. The van der Waals surface area contributed by atoms with Gasteiger partial charge < -0.3 is 15.0 Å². The number of likely N-dealkylation sites (tertiary alicyclic amines) is 1. The number of carbonyl (C=O) groups excluding carboxylic acids is 1. The molecule has 1 saturated heterocycles. The van der Waals surface area contributed by atoms with Crippen molar-refractivity contribution in [2.45, 2.75) is 6.92 Å². The van der Waals surface area contributed by atoms with Crippen molar-refractivity contribution in [1.82, 2.24) is 9.88 Å². The third-order valence-corrected chi connectivity index (χ3v) is 2.80. The van der Waals surface area contributed by atoms with E-state index >= 15 is 0 Å². The second-order valence-corrected chi connectivity index (χ2v) is 4.13. The van der Waals surface area contributed by atoms with E-state index in [1.807, 2.05) is 0 Å². The summed E-state index contributed by atoms with van der Waals surface area (Å²) in [4.78, 5) is 37.9. The number of hydrogen-bond acceptors (Lipinski definition) is 3. The van der Waals surface area contributed by atoms with Crippen molar-refractivity contribution in [3.05, 3.63) is 33.7 Å². The fourth-order valence-corrected chi connectivity index (χ4v) is 1.71. The maximum atomic E-state index is 11.8. The van der Waals surface area contributed by atoms with Gasteiger partial charge in [-0.2, -0.15) is 0 Å². The van der Waals surface area contributed by atoms with Gasteiger partial charge in [-0.3, -0.25) is 14.4 Å². The number of aromatic nitrogens is 1. The van der Waals surface area contributed by atoms with E-state index < -0.39 is 23.4 Å². The number of carboxylic acids is 1. The van der Waals surface area contributed by atoms with E-state index in [4.69, 9.17) is 5.11 Å². The van der Waals surface area contributed by atoms with Gasteiger partial charge in [-0.25, -0.2) is 0 Å². The Hall–Kier alpha value is -2.11. The minimum atomic E-state index is -0.910. The molecule has 2 heterocycles. The number of pyridine rings is 1. The summed E-state index contributed by atoms with van der Waals surface area (Å²) < 4.78 is 0. The van der Waals surface area contributed by atoms with Crippen LogP contribution in [0, 0.1) is 12.8 Å². The quantitative estimate of drug-likeness (QED) is 0.746. The second-order valence-electron chi connectivity index (χ2n) is 4.13. The number of nitrogens with zero attached hydrogens (tertiary/aromatic N) is 1. The van der Waals surface area contributed by atoms with Gasteiger partial charge in [0.05, 0.1) is 5.92 Å². The van der Waals surface area contributed by atoms with Gasteiger partial charge in [0.2, 0.25) is 0 Å². The molecule has 0 bridgehead atoms. The molecule has 2 rings (SSSR count). The highest BCUT2D eigenvalue weighted by atomic mass is 16.4. The molecule has 1 aliphatic rings. The van der Waals surface area contributed by atoms with Crippen LogP contribution in [-0.4, -0.2) is 40.0 Å². The molecule has 1 amide bonds. The average molecular weight is 236 g/mol. The van der Waals surface area contributed by atoms with E-state index in [1.54, 1.807) is 13.0 Å². The van der Waals surface area contributed by atoms with Gasteiger partial charge in [0.25, 0.3) is 11.5 Å². The largest absolute Gasteiger partial charge is 0.481 e. The number of aryl methyl sites for hydroxylation is 1. The number of carbonyl (C=O) groups is 2. The summed E-state index contributed by atoms with van der Waals surface area (Å²) in [5.74, 6) is -1.83. The minimum Gasteiger partial charge on any atom is -0.481 e. The third-order valence-electron chi connectivity index (χ3n) is 2.80. The molecule has 0 unspecified atom stereocenters. The van der Waals surface area contributed by atoms with Gasteiger partial charge in [-0.05, 0) is 19.1 Å². The predicted octanol–water partition coefficient (Wildman–Crippen LogP) is -0.160. The van der Waals surface area contributed by atoms with E-state index in [1.165, 1.54) is 11.0 Å². The van der Waals surface area contributed by atoms with Gasteiger partial charge in [0, 0.05) is 18.8 Å². The summed E-state index contributed by atoms with van der Waals surface area (Å²) in [7, 11) is 0. The first-order chi connectivity index (χ1) is 7.99. The van der Waals surface area contributed by atoms with Crippen LogP contribution in [-0.2, 0) is 4.79 Å². The Morgan fingerprint density at radius 2 is 2.06 bits per heavy atom. The lowest BCUT2D eigenvalue weighted by molar-refractivity contribution is -0.146. The molecule has 2 N–H and O–H groups in total.